The molecule has 0 atom stereocenters. The van der Waals surface area contributed by atoms with Crippen LogP contribution in [0.3, 0.4) is 0 Å². The van der Waals surface area contributed by atoms with Crippen molar-refractivity contribution in [2.75, 3.05) is 25.0 Å². The van der Waals surface area contributed by atoms with Crippen LogP contribution in [0.5, 0.6) is 0 Å². The number of aromatic nitrogens is 1. The van der Waals surface area contributed by atoms with Gasteiger partial charge in [-0.3, -0.25) is 4.79 Å². The van der Waals surface area contributed by atoms with E-state index in [0.717, 1.165) is 5.82 Å². The van der Waals surface area contributed by atoms with Crippen molar-refractivity contribution >= 4 is 11.7 Å². The second-order valence-corrected chi connectivity index (χ2v) is 5.20. The lowest BCUT2D eigenvalue weighted by Crippen LogP contribution is -2.46. The van der Waals surface area contributed by atoms with Crippen LogP contribution >= 0.6 is 0 Å². The fraction of sp³-hybridized carbons (Fsp3) is 0.571. The maximum Gasteiger partial charge on any atom is 0.397 e. The first kappa shape index (κ1) is 15.6. The molecule has 2 heterocycles. The third-order valence-electron chi connectivity index (χ3n) is 3.73. The zero-order valence-electron chi connectivity index (χ0n) is 11.8. The number of anilines is 1. The van der Waals surface area contributed by atoms with E-state index in [-0.39, 0.29) is 6.04 Å². The van der Waals surface area contributed by atoms with E-state index in [9.17, 15) is 18.0 Å². The lowest BCUT2D eigenvalue weighted by atomic mass is 10.0. The van der Waals surface area contributed by atoms with Crippen molar-refractivity contribution in [3.8, 4) is 0 Å². The number of nitrogens with zero attached hydrogens (tertiary/aromatic N) is 3. The fourth-order valence-corrected chi connectivity index (χ4v) is 2.52. The molecule has 0 aromatic carbocycles. The number of halogens is 3. The first-order valence-electron chi connectivity index (χ1n) is 6.85. The molecule has 2 rings (SSSR count). The van der Waals surface area contributed by atoms with Gasteiger partial charge in [0, 0.05) is 32.4 Å². The van der Waals surface area contributed by atoms with Gasteiger partial charge < -0.3 is 9.80 Å². The molecule has 0 N–H and O–H groups in total. The van der Waals surface area contributed by atoms with Crippen LogP contribution in [0.1, 0.15) is 19.3 Å². The number of hydrogen-bond acceptors (Lipinski definition) is 3. The molecule has 1 aliphatic heterocycles. The molecule has 0 bridgehead atoms. The molecule has 116 valence electrons. The molecule has 21 heavy (non-hydrogen) atoms. The molecule has 1 aromatic rings. The van der Waals surface area contributed by atoms with E-state index in [2.05, 4.69) is 9.88 Å². The molecule has 1 fully saturated rings. The van der Waals surface area contributed by atoms with Gasteiger partial charge in [-0.15, -0.1) is 0 Å². The molecular weight excluding hydrogens is 283 g/mol. The largest absolute Gasteiger partial charge is 0.397 e. The zero-order chi connectivity index (χ0) is 15.5. The Morgan fingerprint density at radius 1 is 1.38 bits per heavy atom. The third-order valence-corrected chi connectivity index (χ3v) is 3.73. The van der Waals surface area contributed by atoms with Gasteiger partial charge in [0.25, 0.3) is 0 Å². The molecule has 0 radical (unpaired) electrons. The van der Waals surface area contributed by atoms with Crippen molar-refractivity contribution in [3.63, 3.8) is 0 Å². The number of hydrogen-bond donors (Lipinski definition) is 0. The van der Waals surface area contributed by atoms with Crippen LogP contribution in [-0.2, 0) is 4.79 Å². The Hall–Kier alpha value is -1.79. The average molecular weight is 301 g/mol. The molecule has 1 aliphatic rings. The van der Waals surface area contributed by atoms with Crippen LogP contribution in [0.15, 0.2) is 24.4 Å². The van der Waals surface area contributed by atoms with E-state index in [1.807, 2.05) is 18.2 Å². The summed E-state index contributed by atoms with van der Waals surface area (Å²) in [5.41, 5.74) is 0. The van der Waals surface area contributed by atoms with Crippen LogP contribution < -0.4 is 4.90 Å². The standard InChI is InChI=1S/C14H18F3N3O/c1-19(13(21)10-14(15,16)17)11-5-8-20(9-6-11)12-4-2-3-7-18-12/h2-4,7,11H,5-6,8-10H2,1H3. The van der Waals surface area contributed by atoms with Crippen molar-refractivity contribution in [2.24, 2.45) is 0 Å². The van der Waals surface area contributed by atoms with Gasteiger partial charge in [0.15, 0.2) is 0 Å². The first-order chi connectivity index (χ1) is 9.87. The van der Waals surface area contributed by atoms with Crippen molar-refractivity contribution in [1.29, 1.82) is 0 Å². The summed E-state index contributed by atoms with van der Waals surface area (Å²) in [4.78, 5) is 19.2. The molecule has 0 saturated carbocycles. The lowest BCUT2D eigenvalue weighted by molar-refractivity contribution is -0.162. The molecule has 1 aromatic heterocycles. The number of carbonyl (C=O) groups excluding carboxylic acids is 1. The quantitative estimate of drug-likeness (QED) is 0.860. The number of carbonyl (C=O) groups is 1. The molecule has 1 saturated heterocycles. The minimum atomic E-state index is -4.44. The molecule has 1 amide bonds. The van der Waals surface area contributed by atoms with E-state index in [0.29, 0.717) is 25.9 Å². The lowest BCUT2D eigenvalue weighted by Gasteiger charge is -2.37. The minimum Gasteiger partial charge on any atom is -0.356 e. The predicted octanol–water partition coefficient (Wildman–Crippen LogP) is 2.46. The smallest absolute Gasteiger partial charge is 0.356 e. The van der Waals surface area contributed by atoms with Gasteiger partial charge in [0.1, 0.15) is 12.2 Å². The SMILES string of the molecule is CN(C(=O)CC(F)(F)F)C1CCN(c2ccccn2)CC1. The number of piperidine rings is 1. The van der Waals surface area contributed by atoms with Crippen LogP contribution in [-0.4, -0.2) is 48.1 Å². The summed E-state index contributed by atoms with van der Waals surface area (Å²) in [6.07, 6.45) is -2.82. The van der Waals surface area contributed by atoms with Crippen molar-refractivity contribution < 1.29 is 18.0 Å². The molecule has 0 unspecified atom stereocenters. The van der Waals surface area contributed by atoms with Gasteiger partial charge in [0.2, 0.25) is 5.91 Å². The van der Waals surface area contributed by atoms with Gasteiger partial charge in [-0.05, 0) is 25.0 Å². The van der Waals surface area contributed by atoms with Crippen LogP contribution in [0.25, 0.3) is 0 Å². The Kier molecular flexibility index (Phi) is 4.69. The highest BCUT2D eigenvalue weighted by Crippen LogP contribution is 2.24. The van der Waals surface area contributed by atoms with Crippen LogP contribution in [0, 0.1) is 0 Å². The van der Waals surface area contributed by atoms with Gasteiger partial charge >= 0.3 is 6.18 Å². The van der Waals surface area contributed by atoms with E-state index in [1.165, 1.54) is 11.9 Å². The average Bonchev–Trinajstić information content (AvgIpc) is 2.46. The van der Waals surface area contributed by atoms with Crippen molar-refractivity contribution in [2.45, 2.75) is 31.5 Å². The number of rotatable bonds is 3. The monoisotopic (exact) mass is 301 g/mol. The summed E-state index contributed by atoms with van der Waals surface area (Å²) in [7, 11) is 1.45. The molecule has 0 aliphatic carbocycles. The summed E-state index contributed by atoms with van der Waals surface area (Å²) in [6.45, 7) is 1.37. The second-order valence-electron chi connectivity index (χ2n) is 5.20. The summed E-state index contributed by atoms with van der Waals surface area (Å²) in [6, 6.07) is 5.49. The normalized spacial score (nSPS) is 16.9. The summed E-state index contributed by atoms with van der Waals surface area (Å²) >= 11 is 0. The van der Waals surface area contributed by atoms with Crippen LogP contribution in [0.2, 0.25) is 0 Å². The Morgan fingerprint density at radius 3 is 2.57 bits per heavy atom. The Morgan fingerprint density at radius 2 is 2.05 bits per heavy atom. The van der Waals surface area contributed by atoms with E-state index >= 15 is 0 Å². The summed E-state index contributed by atoms with van der Waals surface area (Å²) in [5, 5.41) is 0. The topological polar surface area (TPSA) is 36.4 Å². The van der Waals surface area contributed by atoms with Crippen molar-refractivity contribution in [1.82, 2.24) is 9.88 Å². The van der Waals surface area contributed by atoms with E-state index in [4.69, 9.17) is 0 Å². The fourth-order valence-electron chi connectivity index (χ4n) is 2.52. The zero-order valence-corrected chi connectivity index (χ0v) is 11.8. The highest BCUT2D eigenvalue weighted by molar-refractivity contribution is 5.76. The molecule has 7 heteroatoms. The molecule has 4 nitrogen and oxygen atoms in total. The summed E-state index contributed by atoms with van der Waals surface area (Å²) < 4.78 is 36.8. The molecular formula is C14H18F3N3O. The second kappa shape index (κ2) is 6.32. The minimum absolute atomic E-state index is 0.139. The third kappa shape index (κ3) is 4.34. The first-order valence-corrected chi connectivity index (χ1v) is 6.85. The van der Waals surface area contributed by atoms with E-state index in [1.54, 1.807) is 6.20 Å². The van der Waals surface area contributed by atoms with E-state index < -0.39 is 18.5 Å². The van der Waals surface area contributed by atoms with Gasteiger partial charge in [0.05, 0.1) is 0 Å². The van der Waals surface area contributed by atoms with Gasteiger partial charge in [-0.2, -0.15) is 13.2 Å². The Balaban J connectivity index is 1.87. The Bertz CT molecular complexity index is 470. The summed E-state index contributed by atoms with van der Waals surface area (Å²) in [5.74, 6) is -0.000919. The highest BCUT2D eigenvalue weighted by atomic mass is 19.4. The van der Waals surface area contributed by atoms with Gasteiger partial charge in [-0.25, -0.2) is 4.98 Å². The number of alkyl halides is 3. The maximum atomic E-state index is 12.3. The maximum absolute atomic E-state index is 12.3. The number of pyridine rings is 1. The number of amides is 1. The van der Waals surface area contributed by atoms with Gasteiger partial charge in [-0.1, -0.05) is 6.07 Å². The predicted molar refractivity (Wildman–Crippen MR) is 72.9 cm³/mol. The van der Waals surface area contributed by atoms with Crippen LogP contribution in [0.4, 0.5) is 19.0 Å². The molecule has 0 spiro atoms. The van der Waals surface area contributed by atoms with Crippen molar-refractivity contribution in [3.05, 3.63) is 24.4 Å². The Labute approximate surface area is 121 Å². The highest BCUT2D eigenvalue weighted by Gasteiger charge is 2.35.